The van der Waals surface area contributed by atoms with Crippen molar-refractivity contribution in [3.63, 3.8) is 0 Å². The fraction of sp³-hybridized carbons (Fsp3) is 0.250. The summed E-state index contributed by atoms with van der Waals surface area (Å²) in [6.07, 6.45) is 1.14. The maximum atomic E-state index is 10.6. The van der Waals surface area contributed by atoms with Gasteiger partial charge in [-0.2, -0.15) is 0 Å². The van der Waals surface area contributed by atoms with Crippen LogP contribution in [-0.2, 0) is 17.6 Å². The van der Waals surface area contributed by atoms with Crippen molar-refractivity contribution in [1.29, 1.82) is 0 Å². The second kappa shape index (κ2) is 4.03. The highest BCUT2D eigenvalue weighted by molar-refractivity contribution is 7.19. The lowest BCUT2D eigenvalue weighted by atomic mass is 10.1. The molecule has 0 fully saturated rings. The van der Waals surface area contributed by atoms with E-state index in [2.05, 4.69) is 13.0 Å². The molecule has 1 aromatic heterocycles. The molecule has 1 heterocycles. The molecule has 0 saturated heterocycles. The number of carbonyl (C=O) groups is 1. The summed E-state index contributed by atoms with van der Waals surface area (Å²) in [7, 11) is 0. The van der Waals surface area contributed by atoms with Gasteiger partial charge in [0, 0.05) is 9.58 Å². The van der Waals surface area contributed by atoms with Crippen LogP contribution in [0.5, 0.6) is 0 Å². The number of hydrogen-bond acceptors (Lipinski definition) is 2. The van der Waals surface area contributed by atoms with E-state index < -0.39 is 5.97 Å². The first-order valence-electron chi connectivity index (χ1n) is 4.92. The van der Waals surface area contributed by atoms with Crippen LogP contribution in [0.25, 0.3) is 10.1 Å². The Morgan fingerprint density at radius 3 is 2.87 bits per heavy atom. The van der Waals surface area contributed by atoms with Gasteiger partial charge in [-0.15, -0.1) is 11.3 Å². The van der Waals surface area contributed by atoms with Crippen molar-refractivity contribution >= 4 is 27.4 Å². The Kier molecular flexibility index (Phi) is 2.73. The predicted molar refractivity (Wildman–Crippen MR) is 62.5 cm³/mol. The smallest absolute Gasteiger partial charge is 0.307 e. The van der Waals surface area contributed by atoms with Gasteiger partial charge in [0.2, 0.25) is 0 Å². The molecule has 0 unspecified atom stereocenters. The van der Waals surface area contributed by atoms with Gasteiger partial charge in [-0.25, -0.2) is 0 Å². The minimum Gasteiger partial charge on any atom is -0.481 e. The number of rotatable bonds is 3. The molecule has 2 nitrogen and oxygen atoms in total. The number of thiophene rings is 1. The molecule has 0 spiro atoms. The van der Waals surface area contributed by atoms with E-state index in [-0.39, 0.29) is 6.42 Å². The minimum absolute atomic E-state index is 0.106. The third-order valence-electron chi connectivity index (χ3n) is 2.34. The highest BCUT2D eigenvalue weighted by Crippen LogP contribution is 2.27. The first-order valence-corrected chi connectivity index (χ1v) is 5.74. The molecular weight excluding hydrogens is 208 g/mol. The number of aryl methyl sites for hydroxylation is 1. The highest BCUT2D eigenvalue weighted by atomic mass is 32.1. The average molecular weight is 220 g/mol. The number of carboxylic acid groups (broad SMARTS) is 1. The SMILES string of the molecule is CCc1cc2ccc(CC(=O)O)cc2s1. The topological polar surface area (TPSA) is 37.3 Å². The lowest BCUT2D eigenvalue weighted by Crippen LogP contribution is -1.99. The zero-order valence-corrected chi connectivity index (χ0v) is 9.30. The summed E-state index contributed by atoms with van der Waals surface area (Å²) in [5, 5.41) is 9.91. The monoisotopic (exact) mass is 220 g/mol. The van der Waals surface area contributed by atoms with E-state index in [1.54, 1.807) is 11.3 Å². The maximum Gasteiger partial charge on any atom is 0.307 e. The molecule has 0 bridgehead atoms. The molecule has 3 heteroatoms. The van der Waals surface area contributed by atoms with Crippen molar-refractivity contribution in [2.24, 2.45) is 0 Å². The second-order valence-corrected chi connectivity index (χ2v) is 4.68. The van der Waals surface area contributed by atoms with Crippen LogP contribution < -0.4 is 0 Å². The lowest BCUT2D eigenvalue weighted by molar-refractivity contribution is -0.136. The van der Waals surface area contributed by atoms with E-state index in [9.17, 15) is 4.79 Å². The molecule has 0 aliphatic carbocycles. The quantitative estimate of drug-likeness (QED) is 0.863. The first kappa shape index (κ1) is 10.2. The van der Waals surface area contributed by atoms with E-state index in [0.29, 0.717) is 0 Å². The molecule has 2 aromatic rings. The van der Waals surface area contributed by atoms with Gasteiger partial charge in [0.15, 0.2) is 0 Å². The van der Waals surface area contributed by atoms with Gasteiger partial charge in [0.25, 0.3) is 0 Å². The standard InChI is InChI=1S/C12H12O2S/c1-2-10-7-9-4-3-8(6-12(13)14)5-11(9)15-10/h3-5,7H,2,6H2,1H3,(H,13,14). The van der Waals surface area contributed by atoms with Gasteiger partial charge < -0.3 is 5.11 Å². The number of benzene rings is 1. The Balaban J connectivity index is 2.41. The van der Waals surface area contributed by atoms with Gasteiger partial charge in [-0.05, 0) is 29.5 Å². The van der Waals surface area contributed by atoms with Crippen LogP contribution in [0.4, 0.5) is 0 Å². The molecule has 0 saturated carbocycles. The number of hydrogen-bond donors (Lipinski definition) is 1. The summed E-state index contributed by atoms with van der Waals surface area (Å²) in [6, 6.07) is 8.05. The molecule has 1 N–H and O–H groups in total. The number of aliphatic carboxylic acids is 1. The minimum atomic E-state index is -0.776. The predicted octanol–water partition coefficient (Wildman–Crippen LogP) is 3.09. The normalized spacial score (nSPS) is 10.7. The van der Waals surface area contributed by atoms with Crippen LogP contribution >= 0.6 is 11.3 Å². The molecule has 1 aromatic carbocycles. The Hall–Kier alpha value is -1.35. The van der Waals surface area contributed by atoms with E-state index >= 15 is 0 Å². The third kappa shape index (κ3) is 2.18. The lowest BCUT2D eigenvalue weighted by Gasteiger charge is -1.96. The molecule has 15 heavy (non-hydrogen) atoms. The molecule has 0 amide bonds. The van der Waals surface area contributed by atoms with Crippen LogP contribution in [0.3, 0.4) is 0 Å². The van der Waals surface area contributed by atoms with Crippen LogP contribution in [0, 0.1) is 0 Å². The van der Waals surface area contributed by atoms with Crippen LogP contribution in [-0.4, -0.2) is 11.1 Å². The number of fused-ring (bicyclic) bond motifs is 1. The Morgan fingerprint density at radius 1 is 1.40 bits per heavy atom. The Labute approximate surface area is 92.2 Å². The zero-order chi connectivity index (χ0) is 10.8. The van der Waals surface area contributed by atoms with Gasteiger partial charge in [-0.1, -0.05) is 19.1 Å². The number of carboxylic acids is 1. The molecule has 0 radical (unpaired) electrons. The van der Waals surface area contributed by atoms with Crippen LogP contribution in [0.15, 0.2) is 24.3 Å². The maximum absolute atomic E-state index is 10.6. The molecule has 0 atom stereocenters. The summed E-state index contributed by atoms with van der Waals surface area (Å²) < 4.78 is 1.19. The van der Waals surface area contributed by atoms with Gasteiger partial charge in [-0.3, -0.25) is 4.79 Å². The first-order chi connectivity index (χ1) is 7.19. The molecule has 0 aliphatic rings. The van der Waals surface area contributed by atoms with Gasteiger partial charge in [0.05, 0.1) is 6.42 Å². The molecule has 2 rings (SSSR count). The van der Waals surface area contributed by atoms with E-state index in [1.807, 2.05) is 18.2 Å². The second-order valence-electron chi connectivity index (χ2n) is 3.51. The summed E-state index contributed by atoms with van der Waals surface area (Å²) >= 11 is 1.75. The van der Waals surface area contributed by atoms with Crippen molar-refractivity contribution in [2.45, 2.75) is 19.8 Å². The fourth-order valence-corrected chi connectivity index (χ4v) is 2.66. The van der Waals surface area contributed by atoms with Crippen LogP contribution in [0.2, 0.25) is 0 Å². The zero-order valence-electron chi connectivity index (χ0n) is 8.49. The summed E-state index contributed by atoms with van der Waals surface area (Å²) in [5.74, 6) is -0.776. The van der Waals surface area contributed by atoms with Crippen molar-refractivity contribution in [2.75, 3.05) is 0 Å². The van der Waals surface area contributed by atoms with Crippen LogP contribution in [0.1, 0.15) is 17.4 Å². The van der Waals surface area contributed by atoms with Gasteiger partial charge >= 0.3 is 5.97 Å². The van der Waals surface area contributed by atoms with Crippen molar-refractivity contribution < 1.29 is 9.90 Å². The van der Waals surface area contributed by atoms with Crippen molar-refractivity contribution in [3.05, 3.63) is 34.7 Å². The molecular formula is C12H12O2S. The Bertz CT molecular complexity index is 499. The van der Waals surface area contributed by atoms with E-state index in [0.717, 1.165) is 12.0 Å². The summed E-state index contributed by atoms with van der Waals surface area (Å²) in [4.78, 5) is 11.9. The van der Waals surface area contributed by atoms with Gasteiger partial charge in [0.1, 0.15) is 0 Å². The summed E-state index contributed by atoms with van der Waals surface area (Å²) in [6.45, 7) is 2.13. The highest BCUT2D eigenvalue weighted by Gasteiger charge is 2.04. The summed E-state index contributed by atoms with van der Waals surface area (Å²) in [5.41, 5.74) is 0.875. The van der Waals surface area contributed by atoms with Crippen molar-refractivity contribution in [1.82, 2.24) is 0 Å². The fourth-order valence-electron chi connectivity index (χ4n) is 1.59. The third-order valence-corrected chi connectivity index (χ3v) is 3.58. The largest absolute Gasteiger partial charge is 0.481 e. The van der Waals surface area contributed by atoms with Crippen molar-refractivity contribution in [3.8, 4) is 0 Å². The van der Waals surface area contributed by atoms with E-state index in [1.165, 1.54) is 15.0 Å². The molecule has 0 aliphatic heterocycles. The Morgan fingerprint density at radius 2 is 2.20 bits per heavy atom. The van der Waals surface area contributed by atoms with E-state index in [4.69, 9.17) is 5.11 Å². The molecule has 78 valence electrons. The average Bonchev–Trinajstić information content (AvgIpc) is 2.58.